The van der Waals surface area contributed by atoms with E-state index in [2.05, 4.69) is 14.9 Å². The number of nitrogens with zero attached hydrogens (tertiary/aromatic N) is 4. The summed E-state index contributed by atoms with van der Waals surface area (Å²) in [5.74, 6) is -1.30. The number of amides is 2. The first-order valence-corrected chi connectivity index (χ1v) is 6.47. The maximum absolute atomic E-state index is 12.6. The van der Waals surface area contributed by atoms with E-state index in [0.717, 1.165) is 11.0 Å². The molecule has 0 N–H and O–H groups in total. The molecule has 4 rings (SSSR count). The number of anilines is 1. The van der Waals surface area contributed by atoms with Gasteiger partial charge in [-0.3, -0.25) is 19.7 Å². The van der Waals surface area contributed by atoms with Gasteiger partial charge in [0.05, 0.1) is 16.1 Å². The fourth-order valence-corrected chi connectivity index (χ4v) is 2.59. The number of carbonyl (C=O) groups excluding carboxylic acids is 2. The van der Waals surface area contributed by atoms with Crippen LogP contribution in [-0.4, -0.2) is 27.1 Å². The van der Waals surface area contributed by atoms with Crippen LogP contribution >= 0.6 is 0 Å². The van der Waals surface area contributed by atoms with Crippen molar-refractivity contribution in [2.24, 2.45) is 0 Å². The van der Waals surface area contributed by atoms with E-state index >= 15 is 0 Å². The van der Waals surface area contributed by atoms with E-state index in [1.165, 1.54) is 18.2 Å². The van der Waals surface area contributed by atoms with Crippen LogP contribution in [0.1, 0.15) is 20.7 Å². The van der Waals surface area contributed by atoms with Crippen molar-refractivity contribution in [2.75, 3.05) is 4.90 Å². The summed E-state index contributed by atoms with van der Waals surface area (Å²) in [6, 6.07) is 8.70. The molecule has 0 atom stereocenters. The minimum absolute atomic E-state index is 0.0197. The average Bonchev–Trinajstić information content (AvgIpc) is 3.11. The fraction of sp³-hybridized carbons (Fsp3) is 0. The van der Waals surface area contributed by atoms with Gasteiger partial charge in [-0.05, 0) is 28.5 Å². The first kappa shape index (κ1) is 13.1. The van der Waals surface area contributed by atoms with E-state index < -0.39 is 22.4 Å². The summed E-state index contributed by atoms with van der Waals surface area (Å²) in [5.41, 5.74) is -0.112. The third-order valence-corrected chi connectivity index (χ3v) is 3.59. The Hall–Kier alpha value is -3.62. The summed E-state index contributed by atoms with van der Waals surface area (Å²) in [7, 11) is 0. The van der Waals surface area contributed by atoms with Crippen molar-refractivity contribution < 1.29 is 19.1 Å². The molecule has 1 aliphatic heterocycles. The Balaban J connectivity index is 2.02. The fourth-order valence-electron chi connectivity index (χ4n) is 2.59. The molecule has 0 bridgehead atoms. The maximum Gasteiger partial charge on any atom is 0.295 e. The van der Waals surface area contributed by atoms with Crippen LogP contribution in [-0.2, 0) is 0 Å². The molecule has 3 aromatic rings. The number of hydrogen-bond donors (Lipinski definition) is 0. The Morgan fingerprint density at radius 1 is 1.00 bits per heavy atom. The van der Waals surface area contributed by atoms with Crippen LogP contribution in [0.15, 0.2) is 41.0 Å². The predicted octanol–water partition coefficient (Wildman–Crippen LogP) is 1.93. The lowest BCUT2D eigenvalue weighted by atomic mass is 10.1. The number of aromatic nitrogens is 2. The third-order valence-electron chi connectivity index (χ3n) is 3.59. The van der Waals surface area contributed by atoms with Gasteiger partial charge in [0.2, 0.25) is 0 Å². The second kappa shape index (κ2) is 4.44. The number of rotatable bonds is 2. The predicted molar refractivity (Wildman–Crippen MR) is 76.0 cm³/mol. The first-order chi connectivity index (χ1) is 11.1. The summed E-state index contributed by atoms with van der Waals surface area (Å²) in [5, 5.41) is 18.5. The van der Waals surface area contributed by atoms with Crippen LogP contribution in [0.4, 0.5) is 11.4 Å². The summed E-state index contributed by atoms with van der Waals surface area (Å²) < 4.78 is 4.58. The van der Waals surface area contributed by atoms with Crippen LogP contribution < -0.4 is 4.90 Å². The summed E-state index contributed by atoms with van der Waals surface area (Å²) in [6.45, 7) is 0. The van der Waals surface area contributed by atoms with E-state index in [-0.39, 0.29) is 27.8 Å². The molecule has 0 radical (unpaired) electrons. The van der Waals surface area contributed by atoms with Crippen molar-refractivity contribution in [1.29, 1.82) is 0 Å². The number of carbonyl (C=O) groups is 2. The summed E-state index contributed by atoms with van der Waals surface area (Å²) in [6.07, 6.45) is 0. The van der Waals surface area contributed by atoms with E-state index in [1.54, 1.807) is 12.1 Å². The molecule has 2 heterocycles. The molecular weight excluding hydrogens is 304 g/mol. The Bertz CT molecular complexity index is 974. The zero-order chi connectivity index (χ0) is 16.1. The van der Waals surface area contributed by atoms with Gasteiger partial charge < -0.3 is 0 Å². The molecule has 1 aromatic heterocycles. The van der Waals surface area contributed by atoms with E-state index in [0.29, 0.717) is 0 Å². The average molecular weight is 310 g/mol. The molecule has 2 aromatic carbocycles. The Morgan fingerprint density at radius 2 is 1.65 bits per heavy atom. The normalized spacial score (nSPS) is 13.7. The molecular formula is C14H6N4O5. The number of nitro groups is 1. The molecule has 9 nitrogen and oxygen atoms in total. The van der Waals surface area contributed by atoms with E-state index in [1.807, 2.05) is 0 Å². The second-order valence-electron chi connectivity index (χ2n) is 4.81. The SMILES string of the molecule is O=C1c2ccccc2C(=O)N1c1c([N+](=O)[O-])ccc2nonc12. The molecule has 112 valence electrons. The maximum atomic E-state index is 12.6. The van der Waals surface area contributed by atoms with Gasteiger partial charge in [-0.1, -0.05) is 12.1 Å². The summed E-state index contributed by atoms with van der Waals surface area (Å²) >= 11 is 0. The number of benzene rings is 2. The van der Waals surface area contributed by atoms with Gasteiger partial charge in [0.1, 0.15) is 5.52 Å². The van der Waals surface area contributed by atoms with Crippen LogP contribution in [0.25, 0.3) is 11.0 Å². The Morgan fingerprint density at radius 3 is 2.26 bits per heavy atom. The van der Waals surface area contributed by atoms with Gasteiger partial charge in [0.25, 0.3) is 17.5 Å². The van der Waals surface area contributed by atoms with Crippen molar-refractivity contribution >= 4 is 34.2 Å². The van der Waals surface area contributed by atoms with Crippen molar-refractivity contribution in [2.45, 2.75) is 0 Å². The standard InChI is InChI=1S/C14H6N4O5/c19-13-7-3-1-2-4-8(7)14(20)17(13)12-10(18(21)22)6-5-9-11(12)16-23-15-9/h1-6H. The zero-order valence-electron chi connectivity index (χ0n) is 11.3. The molecule has 9 heteroatoms. The molecule has 1 aliphatic rings. The largest absolute Gasteiger partial charge is 0.295 e. The van der Waals surface area contributed by atoms with Crippen LogP contribution in [0.3, 0.4) is 0 Å². The highest BCUT2D eigenvalue weighted by molar-refractivity contribution is 6.36. The molecule has 23 heavy (non-hydrogen) atoms. The minimum atomic E-state index is -0.687. The minimum Gasteiger partial charge on any atom is -0.268 e. The van der Waals surface area contributed by atoms with Gasteiger partial charge in [-0.2, -0.15) is 0 Å². The van der Waals surface area contributed by atoms with Crippen molar-refractivity contribution in [1.82, 2.24) is 10.3 Å². The van der Waals surface area contributed by atoms with Crippen LogP contribution in [0, 0.1) is 10.1 Å². The molecule has 0 spiro atoms. The number of hydrogen-bond acceptors (Lipinski definition) is 7. The Labute approximate surface area is 127 Å². The Kier molecular flexibility index (Phi) is 2.52. The molecule has 2 amide bonds. The molecule has 0 saturated heterocycles. The number of fused-ring (bicyclic) bond motifs is 2. The highest BCUT2D eigenvalue weighted by Crippen LogP contribution is 2.38. The second-order valence-corrected chi connectivity index (χ2v) is 4.81. The summed E-state index contributed by atoms with van der Waals surface area (Å²) in [4.78, 5) is 36.5. The van der Waals surface area contributed by atoms with Gasteiger partial charge >= 0.3 is 0 Å². The molecule has 0 unspecified atom stereocenters. The van der Waals surface area contributed by atoms with Crippen molar-refractivity contribution in [3.05, 3.63) is 57.6 Å². The monoisotopic (exact) mass is 310 g/mol. The lowest BCUT2D eigenvalue weighted by Gasteiger charge is -2.13. The number of imide groups is 1. The van der Waals surface area contributed by atoms with Crippen LogP contribution in [0.5, 0.6) is 0 Å². The highest BCUT2D eigenvalue weighted by Gasteiger charge is 2.41. The third kappa shape index (κ3) is 1.67. The zero-order valence-corrected chi connectivity index (χ0v) is 11.3. The molecule has 0 aliphatic carbocycles. The van der Waals surface area contributed by atoms with Crippen LogP contribution in [0.2, 0.25) is 0 Å². The van der Waals surface area contributed by atoms with Gasteiger partial charge in [-0.25, -0.2) is 9.53 Å². The van der Waals surface area contributed by atoms with Gasteiger partial charge in [0.15, 0.2) is 11.2 Å². The number of nitro benzene ring substituents is 1. The smallest absolute Gasteiger partial charge is 0.268 e. The highest BCUT2D eigenvalue weighted by atomic mass is 16.6. The molecule has 0 saturated carbocycles. The first-order valence-electron chi connectivity index (χ1n) is 6.47. The quantitative estimate of drug-likeness (QED) is 0.403. The van der Waals surface area contributed by atoms with Crippen molar-refractivity contribution in [3.63, 3.8) is 0 Å². The molecule has 0 fully saturated rings. The van der Waals surface area contributed by atoms with E-state index in [9.17, 15) is 19.7 Å². The lowest BCUT2D eigenvalue weighted by Crippen LogP contribution is -2.30. The lowest BCUT2D eigenvalue weighted by molar-refractivity contribution is -0.383. The topological polar surface area (TPSA) is 119 Å². The van der Waals surface area contributed by atoms with Crippen molar-refractivity contribution in [3.8, 4) is 0 Å². The van der Waals surface area contributed by atoms with Gasteiger partial charge in [-0.15, -0.1) is 0 Å². The van der Waals surface area contributed by atoms with E-state index in [4.69, 9.17) is 0 Å². The van der Waals surface area contributed by atoms with Gasteiger partial charge in [0, 0.05) is 6.07 Å².